The maximum Gasteiger partial charge on any atom is 0.315 e. The van der Waals surface area contributed by atoms with Crippen molar-refractivity contribution in [1.82, 2.24) is 0 Å². The molecular weight excluding hydrogens is 663 g/mol. The van der Waals surface area contributed by atoms with Gasteiger partial charge in [-0.05, 0) is 48.0 Å². The van der Waals surface area contributed by atoms with Gasteiger partial charge in [-0.15, -0.1) is 23.2 Å². The number of rotatable bonds is 7. The summed E-state index contributed by atoms with van der Waals surface area (Å²) in [5.41, 5.74) is -1.79. The highest BCUT2D eigenvalue weighted by Crippen LogP contribution is 2.65. The molecule has 216 valence electrons. The highest BCUT2D eigenvalue weighted by molar-refractivity contribution is 6.53. The van der Waals surface area contributed by atoms with E-state index >= 15 is 0 Å². The highest BCUT2D eigenvalue weighted by atomic mass is 35.5. The van der Waals surface area contributed by atoms with E-state index in [1.54, 1.807) is 0 Å². The minimum atomic E-state index is -3.55. The first-order valence-corrected chi connectivity index (χ1v) is 13.0. The van der Waals surface area contributed by atoms with Gasteiger partial charge in [0.15, 0.2) is 11.6 Å². The van der Waals surface area contributed by atoms with Crippen LogP contribution in [0.1, 0.15) is 21.8 Å². The van der Waals surface area contributed by atoms with Crippen molar-refractivity contribution in [3.05, 3.63) is 86.1 Å². The molecule has 1 saturated carbocycles. The largest absolute Gasteiger partial charge is 0.326 e. The van der Waals surface area contributed by atoms with Gasteiger partial charge in [-0.1, -0.05) is 34.8 Å². The molecule has 2 atom stereocenters. The van der Waals surface area contributed by atoms with Gasteiger partial charge in [0.2, 0.25) is 5.91 Å². The highest BCUT2D eigenvalue weighted by Gasteiger charge is 2.67. The average Bonchev–Trinajstić information content (AvgIpc) is 3.49. The summed E-state index contributed by atoms with van der Waals surface area (Å²) in [6, 6.07) is 7.61. The molecule has 3 N–H and O–H groups in total. The first kappa shape index (κ1) is 31.1. The number of halogens is 10. The number of anilines is 3. The molecule has 2 unspecified atom stereocenters. The summed E-state index contributed by atoms with van der Waals surface area (Å²) >= 11 is 30.4. The Kier molecular flexibility index (Phi) is 8.96. The lowest BCUT2D eigenvalue weighted by Gasteiger charge is -2.13. The van der Waals surface area contributed by atoms with Crippen molar-refractivity contribution in [2.75, 3.05) is 16.0 Å². The van der Waals surface area contributed by atoms with Crippen molar-refractivity contribution in [3.63, 3.8) is 0 Å². The summed E-state index contributed by atoms with van der Waals surface area (Å²) in [6.45, 7) is 0. The summed E-state index contributed by atoms with van der Waals surface area (Å²) in [5.74, 6) is -9.27. The zero-order chi connectivity index (χ0) is 30.4. The van der Waals surface area contributed by atoms with Crippen LogP contribution in [0.15, 0.2) is 42.5 Å². The Bertz CT molecular complexity index is 1570. The van der Waals surface area contributed by atoms with Crippen LogP contribution >= 0.6 is 58.0 Å². The summed E-state index contributed by atoms with van der Waals surface area (Å²) in [4.78, 5) is 37.0. The fourth-order valence-corrected chi connectivity index (χ4v) is 5.49. The normalized spacial score (nSPS) is 17.2. The summed E-state index contributed by atoms with van der Waals surface area (Å²) in [5, 5.41) is 5.29. The van der Waals surface area contributed by atoms with E-state index in [2.05, 4.69) is 10.6 Å². The lowest BCUT2D eigenvalue weighted by atomic mass is 10.1. The second-order valence-corrected chi connectivity index (χ2v) is 11.3. The summed E-state index contributed by atoms with van der Waals surface area (Å²) in [6.07, 6.45) is -3.55. The lowest BCUT2D eigenvalue weighted by Crippen LogP contribution is -2.22. The molecule has 0 aliphatic heterocycles. The number of benzene rings is 3. The van der Waals surface area contributed by atoms with Gasteiger partial charge in [0.25, 0.3) is 11.8 Å². The van der Waals surface area contributed by atoms with Crippen LogP contribution in [0.3, 0.4) is 0 Å². The molecule has 0 spiro atoms. The first-order chi connectivity index (χ1) is 19.1. The van der Waals surface area contributed by atoms with Gasteiger partial charge in [0, 0.05) is 11.6 Å². The molecular formula is C25H13Cl5F5N3O3. The maximum atomic E-state index is 14.7. The van der Waals surface area contributed by atoms with E-state index in [0.717, 1.165) is 12.1 Å². The molecule has 1 aliphatic carbocycles. The Morgan fingerprint density at radius 1 is 0.805 bits per heavy atom. The number of carbonyl (C=O) groups excluding carboxylic acids is 3. The molecule has 0 bridgehead atoms. The van der Waals surface area contributed by atoms with E-state index in [-0.39, 0.29) is 26.3 Å². The van der Waals surface area contributed by atoms with Crippen LogP contribution in [-0.4, -0.2) is 28.5 Å². The molecule has 3 aromatic carbocycles. The van der Waals surface area contributed by atoms with E-state index in [4.69, 9.17) is 58.0 Å². The molecule has 3 amide bonds. The fraction of sp³-hybridized carbons (Fsp3) is 0.160. The Labute approximate surface area is 253 Å². The molecule has 1 aliphatic rings. The molecule has 0 aromatic heterocycles. The third-order valence-electron chi connectivity index (χ3n) is 5.97. The number of amides is 3. The predicted molar refractivity (Wildman–Crippen MR) is 146 cm³/mol. The minimum absolute atomic E-state index is 0.0407. The molecule has 0 radical (unpaired) electrons. The monoisotopic (exact) mass is 673 g/mol. The molecule has 41 heavy (non-hydrogen) atoms. The Morgan fingerprint density at radius 2 is 1.44 bits per heavy atom. The smallest absolute Gasteiger partial charge is 0.315 e. The van der Waals surface area contributed by atoms with Gasteiger partial charge >= 0.3 is 6.43 Å². The van der Waals surface area contributed by atoms with Gasteiger partial charge in [0.05, 0.1) is 32.2 Å². The van der Waals surface area contributed by atoms with Crippen LogP contribution in [0.25, 0.3) is 0 Å². The zero-order valence-corrected chi connectivity index (χ0v) is 23.6. The second-order valence-electron chi connectivity index (χ2n) is 8.64. The second kappa shape index (κ2) is 11.8. The molecule has 1 fully saturated rings. The van der Waals surface area contributed by atoms with Crippen LogP contribution < -0.4 is 16.0 Å². The molecule has 4 rings (SSSR count). The number of hydrogen-bond acceptors (Lipinski definition) is 3. The third kappa shape index (κ3) is 6.34. The van der Waals surface area contributed by atoms with Crippen molar-refractivity contribution in [1.29, 1.82) is 0 Å². The zero-order valence-electron chi connectivity index (χ0n) is 19.8. The van der Waals surface area contributed by atoms with Gasteiger partial charge < -0.3 is 16.0 Å². The van der Waals surface area contributed by atoms with Crippen molar-refractivity contribution >= 4 is 92.8 Å². The summed E-state index contributed by atoms with van der Waals surface area (Å²) in [7, 11) is 0. The van der Waals surface area contributed by atoms with Crippen molar-refractivity contribution in [3.8, 4) is 0 Å². The SMILES string of the molecule is O=C(Nc1ccc(F)c(NC(=O)C(F)F)c1F)c1cc(NC(=O)C2C(c3cc(Cl)c(F)c(Cl)c3)C2(Cl)Cl)ccc1Cl. The van der Waals surface area contributed by atoms with Crippen LogP contribution in [-0.2, 0) is 9.59 Å². The van der Waals surface area contributed by atoms with Gasteiger partial charge in [-0.3, -0.25) is 14.4 Å². The van der Waals surface area contributed by atoms with Crippen LogP contribution in [0.2, 0.25) is 15.1 Å². The maximum absolute atomic E-state index is 14.7. The van der Waals surface area contributed by atoms with Crippen LogP contribution in [0.5, 0.6) is 0 Å². The van der Waals surface area contributed by atoms with Crippen LogP contribution in [0.4, 0.5) is 39.0 Å². The molecule has 0 heterocycles. The average molecular weight is 676 g/mol. The molecule has 16 heteroatoms. The van der Waals surface area contributed by atoms with Gasteiger partial charge in [-0.25, -0.2) is 13.2 Å². The number of hydrogen-bond donors (Lipinski definition) is 3. The standard InChI is InChI=1S/C25H13Cl5F5N3O3/c26-11-2-1-9(36-23(40)17-16(25(17,29)30)8-5-12(27)18(32)13(28)6-8)7-10(11)22(39)37-15-4-3-14(31)20(19(15)33)38-24(41)21(34)35/h1-7,16-17,21H,(H,36,40)(H,37,39)(H,38,41). The quantitative estimate of drug-likeness (QED) is 0.135. The number of alkyl halides is 4. The first-order valence-electron chi connectivity index (χ1n) is 11.1. The predicted octanol–water partition coefficient (Wildman–Crippen LogP) is 8.05. The van der Waals surface area contributed by atoms with E-state index in [9.17, 15) is 36.3 Å². The lowest BCUT2D eigenvalue weighted by molar-refractivity contribution is -0.126. The van der Waals surface area contributed by atoms with Crippen molar-refractivity contribution < 1.29 is 36.3 Å². The van der Waals surface area contributed by atoms with Gasteiger partial charge in [0.1, 0.15) is 15.8 Å². The Hall–Kier alpha value is -2.83. The van der Waals surface area contributed by atoms with E-state index in [1.807, 2.05) is 0 Å². The molecule has 0 saturated heterocycles. The topological polar surface area (TPSA) is 87.3 Å². The summed E-state index contributed by atoms with van der Waals surface area (Å²) < 4.78 is 65.9. The Morgan fingerprint density at radius 3 is 2.05 bits per heavy atom. The van der Waals surface area contributed by atoms with Gasteiger partial charge in [-0.2, -0.15) is 8.78 Å². The van der Waals surface area contributed by atoms with Crippen molar-refractivity contribution in [2.24, 2.45) is 5.92 Å². The number of nitrogens with one attached hydrogen (secondary N) is 3. The molecule has 6 nitrogen and oxygen atoms in total. The van der Waals surface area contributed by atoms with Crippen LogP contribution in [0, 0.1) is 23.4 Å². The van der Waals surface area contributed by atoms with E-state index in [1.165, 1.54) is 29.6 Å². The molecule has 3 aromatic rings. The number of carbonyl (C=O) groups is 3. The van der Waals surface area contributed by atoms with E-state index in [0.29, 0.717) is 11.6 Å². The van der Waals surface area contributed by atoms with E-state index < -0.39 is 69.1 Å². The van der Waals surface area contributed by atoms with Crippen molar-refractivity contribution in [2.45, 2.75) is 16.7 Å². The Balaban J connectivity index is 1.52. The minimum Gasteiger partial charge on any atom is -0.326 e. The third-order valence-corrected chi connectivity index (χ3v) is 7.79. The fourth-order valence-electron chi connectivity index (χ4n) is 3.95.